The predicted molar refractivity (Wildman–Crippen MR) is 109 cm³/mol. The lowest BCUT2D eigenvalue weighted by atomic mass is 10.2. The van der Waals surface area contributed by atoms with Gasteiger partial charge in [-0.25, -0.2) is 0 Å². The summed E-state index contributed by atoms with van der Waals surface area (Å²) >= 11 is 0. The van der Waals surface area contributed by atoms with Crippen LogP contribution in [0.2, 0.25) is 0 Å². The third kappa shape index (κ3) is 12.1. The second-order valence-electron chi connectivity index (χ2n) is 6.62. The molecular formula is C17H29N7O8. The summed E-state index contributed by atoms with van der Waals surface area (Å²) in [6, 6.07) is -3.14. The van der Waals surface area contributed by atoms with Gasteiger partial charge in [-0.05, 0) is 20.8 Å². The Hall–Kier alpha value is -3.75. The molecule has 9 N–H and O–H groups in total. The average molecular weight is 459 g/mol. The normalized spacial score (nSPS) is 12.9. The van der Waals surface area contributed by atoms with Crippen LogP contribution in [0.1, 0.15) is 20.8 Å². The third-order valence-electron chi connectivity index (χ3n) is 3.77. The maximum Gasteiger partial charge on any atom is 0.322 e. The quantitative estimate of drug-likeness (QED) is 0.131. The van der Waals surface area contributed by atoms with E-state index in [1.165, 1.54) is 20.8 Å². The van der Waals surface area contributed by atoms with Crippen molar-refractivity contribution in [2.24, 2.45) is 5.73 Å². The van der Waals surface area contributed by atoms with Crippen LogP contribution in [-0.4, -0.2) is 90.8 Å². The van der Waals surface area contributed by atoms with Crippen LogP contribution in [0, 0.1) is 0 Å². The van der Waals surface area contributed by atoms with E-state index in [1.54, 1.807) is 0 Å². The van der Waals surface area contributed by atoms with Crippen molar-refractivity contribution >= 4 is 41.4 Å². The molecule has 0 aromatic carbocycles. The molecule has 0 fully saturated rings. The van der Waals surface area contributed by atoms with Gasteiger partial charge in [-0.2, -0.15) is 0 Å². The molecular weight excluding hydrogens is 430 g/mol. The molecule has 0 rings (SSSR count). The predicted octanol–water partition coefficient (Wildman–Crippen LogP) is -5.11. The fraction of sp³-hybridized carbons (Fsp3) is 0.588. The smallest absolute Gasteiger partial charge is 0.322 e. The number of carbonyl (C=O) groups is 7. The summed E-state index contributed by atoms with van der Waals surface area (Å²) in [6.45, 7) is 2.33. The number of hydrogen-bond acceptors (Lipinski definition) is 8. The van der Waals surface area contributed by atoms with Crippen LogP contribution >= 0.6 is 0 Å². The van der Waals surface area contributed by atoms with Crippen molar-refractivity contribution in [1.82, 2.24) is 31.9 Å². The number of aliphatic carboxylic acids is 1. The monoisotopic (exact) mass is 459 g/mol. The number of carbonyl (C=O) groups excluding carboxylic acids is 6. The Morgan fingerprint density at radius 3 is 1.56 bits per heavy atom. The van der Waals surface area contributed by atoms with Gasteiger partial charge in [0.15, 0.2) is 0 Å². The lowest BCUT2D eigenvalue weighted by Gasteiger charge is -2.20. The van der Waals surface area contributed by atoms with E-state index in [-0.39, 0.29) is 13.1 Å². The zero-order chi connectivity index (χ0) is 24.8. The van der Waals surface area contributed by atoms with E-state index >= 15 is 0 Å². The first-order chi connectivity index (χ1) is 14.9. The number of nitrogens with one attached hydrogen (secondary N) is 6. The van der Waals surface area contributed by atoms with E-state index < -0.39 is 72.6 Å². The van der Waals surface area contributed by atoms with Crippen LogP contribution in [0.25, 0.3) is 0 Å². The fourth-order valence-corrected chi connectivity index (χ4v) is 1.97. The van der Waals surface area contributed by atoms with Crippen LogP contribution in [-0.2, 0) is 33.6 Å². The summed E-state index contributed by atoms with van der Waals surface area (Å²) in [5.74, 6) is -5.23. The molecule has 0 spiro atoms. The first-order valence-electron chi connectivity index (χ1n) is 9.50. The average Bonchev–Trinajstić information content (AvgIpc) is 2.73. The maximum absolute atomic E-state index is 12.2. The first kappa shape index (κ1) is 28.2. The molecule has 6 amide bonds. The Balaban J connectivity index is 4.41. The highest BCUT2D eigenvalue weighted by molar-refractivity contribution is 5.95. The summed E-state index contributed by atoms with van der Waals surface area (Å²) in [7, 11) is 0. The van der Waals surface area contributed by atoms with Crippen LogP contribution in [0.4, 0.5) is 0 Å². The molecule has 0 aliphatic rings. The minimum Gasteiger partial charge on any atom is -0.480 e. The van der Waals surface area contributed by atoms with Crippen LogP contribution in [0.5, 0.6) is 0 Å². The Labute approximate surface area is 183 Å². The van der Waals surface area contributed by atoms with Crippen molar-refractivity contribution in [1.29, 1.82) is 0 Å². The lowest BCUT2D eigenvalue weighted by Crippen LogP contribution is -2.55. The Bertz CT molecular complexity index is 742. The van der Waals surface area contributed by atoms with E-state index in [9.17, 15) is 33.6 Å². The highest BCUT2D eigenvalue weighted by atomic mass is 16.4. The number of nitrogens with two attached hydrogens (primary N) is 1. The topological polar surface area (TPSA) is 238 Å². The van der Waals surface area contributed by atoms with Gasteiger partial charge in [-0.3, -0.25) is 33.6 Å². The van der Waals surface area contributed by atoms with E-state index in [0.29, 0.717) is 0 Å². The van der Waals surface area contributed by atoms with Gasteiger partial charge in [0.25, 0.3) is 0 Å². The van der Waals surface area contributed by atoms with Gasteiger partial charge in [0.2, 0.25) is 35.4 Å². The molecule has 0 aliphatic carbocycles. The van der Waals surface area contributed by atoms with Crippen molar-refractivity contribution in [3.05, 3.63) is 0 Å². The number of amides is 6. The van der Waals surface area contributed by atoms with Crippen molar-refractivity contribution in [3.8, 4) is 0 Å². The van der Waals surface area contributed by atoms with E-state index in [0.717, 1.165) is 0 Å². The maximum atomic E-state index is 12.2. The van der Waals surface area contributed by atoms with Crippen molar-refractivity contribution in [3.63, 3.8) is 0 Å². The molecule has 0 aromatic rings. The van der Waals surface area contributed by atoms with Crippen molar-refractivity contribution in [2.75, 3.05) is 26.2 Å². The first-order valence-corrected chi connectivity index (χ1v) is 9.50. The van der Waals surface area contributed by atoms with Gasteiger partial charge in [0.05, 0.1) is 19.6 Å². The van der Waals surface area contributed by atoms with E-state index in [1.807, 2.05) is 0 Å². The van der Waals surface area contributed by atoms with Crippen LogP contribution < -0.4 is 37.6 Å². The summed E-state index contributed by atoms with van der Waals surface area (Å²) in [4.78, 5) is 80.6. The molecule has 15 nitrogen and oxygen atoms in total. The molecule has 0 heterocycles. The van der Waals surface area contributed by atoms with Gasteiger partial charge in [-0.1, -0.05) is 0 Å². The largest absolute Gasteiger partial charge is 0.480 e. The lowest BCUT2D eigenvalue weighted by molar-refractivity contribution is -0.138. The number of carboxylic acids is 1. The Morgan fingerprint density at radius 2 is 1.06 bits per heavy atom. The van der Waals surface area contributed by atoms with E-state index in [2.05, 4.69) is 31.9 Å². The summed E-state index contributed by atoms with van der Waals surface area (Å²) in [6.07, 6.45) is 0. The molecule has 0 aliphatic heterocycles. The number of rotatable bonds is 13. The Kier molecular flexibility index (Phi) is 12.6. The SMILES string of the molecule is C[C@H](NC(=O)CNC(=O)CN)C(=O)N[C@@H](C)C(=O)N[C@@H](C)C(=O)NCC(=O)NCC(=O)O. The molecule has 0 radical (unpaired) electrons. The number of carboxylic acid groups (broad SMARTS) is 1. The molecule has 15 heteroatoms. The molecule has 0 saturated heterocycles. The zero-order valence-electron chi connectivity index (χ0n) is 17.9. The van der Waals surface area contributed by atoms with Gasteiger partial charge in [0, 0.05) is 0 Å². The zero-order valence-corrected chi connectivity index (χ0v) is 17.9. The van der Waals surface area contributed by atoms with Gasteiger partial charge in [-0.15, -0.1) is 0 Å². The summed E-state index contributed by atoms with van der Waals surface area (Å²) < 4.78 is 0. The minimum atomic E-state index is -1.24. The summed E-state index contributed by atoms with van der Waals surface area (Å²) in [5.41, 5.74) is 5.09. The van der Waals surface area contributed by atoms with Crippen molar-refractivity contribution in [2.45, 2.75) is 38.9 Å². The second-order valence-corrected chi connectivity index (χ2v) is 6.62. The van der Waals surface area contributed by atoms with Gasteiger partial charge in [0.1, 0.15) is 24.7 Å². The third-order valence-corrected chi connectivity index (χ3v) is 3.77. The van der Waals surface area contributed by atoms with Crippen LogP contribution in [0.3, 0.4) is 0 Å². The Morgan fingerprint density at radius 1 is 0.625 bits per heavy atom. The second kappa shape index (κ2) is 14.3. The number of hydrogen-bond donors (Lipinski definition) is 8. The van der Waals surface area contributed by atoms with E-state index in [4.69, 9.17) is 10.8 Å². The summed E-state index contributed by atoms with van der Waals surface area (Å²) in [5, 5.41) is 22.0. The highest BCUT2D eigenvalue weighted by Crippen LogP contribution is 1.91. The fourth-order valence-electron chi connectivity index (χ4n) is 1.97. The van der Waals surface area contributed by atoms with Crippen molar-refractivity contribution < 1.29 is 38.7 Å². The molecule has 32 heavy (non-hydrogen) atoms. The molecule has 0 saturated carbocycles. The van der Waals surface area contributed by atoms with Gasteiger partial charge < -0.3 is 42.7 Å². The standard InChI is InChI=1S/C17H29N7O8/c1-8(15(30)21-5-12(26)20-7-14(28)29)23-17(32)10(3)24-16(31)9(2)22-13(27)6-19-11(25)4-18/h8-10H,4-7,18H2,1-3H3,(H,19,25)(H,20,26)(H,21,30)(H,22,27)(H,23,32)(H,24,31)(H,28,29)/t8-,9-,10-/m0/s1. The highest BCUT2D eigenvalue weighted by Gasteiger charge is 2.24. The molecule has 0 unspecified atom stereocenters. The molecule has 180 valence electrons. The van der Waals surface area contributed by atoms with Crippen LogP contribution in [0.15, 0.2) is 0 Å². The molecule has 0 bridgehead atoms. The van der Waals surface area contributed by atoms with Gasteiger partial charge >= 0.3 is 5.97 Å². The molecule has 0 aromatic heterocycles. The minimum absolute atomic E-state index is 0.287. The molecule has 3 atom stereocenters.